The molecule has 1 aromatic carbocycles. The molecule has 114 valence electrons. The predicted octanol–water partition coefficient (Wildman–Crippen LogP) is 2.38. The van der Waals surface area contributed by atoms with Crippen molar-refractivity contribution in [2.45, 2.75) is 26.8 Å². The van der Waals surface area contributed by atoms with Crippen molar-refractivity contribution in [2.24, 2.45) is 7.05 Å². The maximum atomic E-state index is 12.1. The molecule has 5 heteroatoms. The van der Waals surface area contributed by atoms with Gasteiger partial charge in [-0.05, 0) is 43.0 Å². The summed E-state index contributed by atoms with van der Waals surface area (Å²) in [6.07, 6.45) is 2.29. The van der Waals surface area contributed by atoms with Crippen LogP contribution < -0.4 is 5.32 Å². The van der Waals surface area contributed by atoms with Crippen molar-refractivity contribution in [3.63, 3.8) is 0 Å². The maximum absolute atomic E-state index is 12.1. The number of nitrogens with one attached hydrogen (secondary N) is 2. The van der Waals surface area contributed by atoms with Crippen LogP contribution in [0.25, 0.3) is 10.9 Å². The summed E-state index contributed by atoms with van der Waals surface area (Å²) in [7, 11) is 1.92. The third kappa shape index (κ3) is 2.74. The minimum absolute atomic E-state index is 0.0255. The number of amides is 1. The van der Waals surface area contributed by atoms with Gasteiger partial charge in [-0.2, -0.15) is 5.10 Å². The Morgan fingerprint density at radius 1 is 1.32 bits per heavy atom. The molecule has 22 heavy (non-hydrogen) atoms. The molecule has 0 saturated carbocycles. The fourth-order valence-corrected chi connectivity index (χ4v) is 2.72. The SMILES string of the molecule is Cc1nn(C)c(C)c1CNC(=O)Cc1ccc2[nH]ccc2c1. The van der Waals surface area contributed by atoms with Crippen molar-refractivity contribution in [3.8, 4) is 0 Å². The molecule has 0 atom stereocenters. The van der Waals surface area contributed by atoms with E-state index in [2.05, 4.69) is 15.4 Å². The molecule has 2 aromatic heterocycles. The van der Waals surface area contributed by atoms with Gasteiger partial charge in [0, 0.05) is 36.6 Å². The lowest BCUT2D eigenvalue weighted by Crippen LogP contribution is -2.25. The lowest BCUT2D eigenvalue weighted by molar-refractivity contribution is -0.120. The van der Waals surface area contributed by atoms with E-state index in [1.54, 1.807) is 0 Å². The number of H-pyrrole nitrogens is 1. The predicted molar refractivity (Wildman–Crippen MR) is 86.5 cm³/mol. The summed E-state index contributed by atoms with van der Waals surface area (Å²) in [5, 5.41) is 8.48. The minimum Gasteiger partial charge on any atom is -0.361 e. The van der Waals surface area contributed by atoms with Crippen LogP contribution in [-0.2, 0) is 24.8 Å². The molecule has 0 aliphatic heterocycles. The van der Waals surface area contributed by atoms with Crippen molar-refractivity contribution in [1.29, 1.82) is 0 Å². The summed E-state index contributed by atoms with van der Waals surface area (Å²) in [4.78, 5) is 15.3. The Bertz CT molecular complexity index is 828. The number of aryl methyl sites for hydroxylation is 2. The number of rotatable bonds is 4. The van der Waals surface area contributed by atoms with Crippen LogP contribution in [0.3, 0.4) is 0 Å². The molecule has 3 rings (SSSR count). The van der Waals surface area contributed by atoms with Gasteiger partial charge in [0.15, 0.2) is 0 Å². The second-order valence-corrected chi connectivity index (χ2v) is 5.63. The fourth-order valence-electron chi connectivity index (χ4n) is 2.72. The zero-order valence-electron chi connectivity index (χ0n) is 13.1. The number of hydrogen-bond acceptors (Lipinski definition) is 2. The first-order valence-electron chi connectivity index (χ1n) is 7.36. The topological polar surface area (TPSA) is 62.7 Å². The highest BCUT2D eigenvalue weighted by Crippen LogP contribution is 2.15. The Morgan fingerprint density at radius 2 is 2.14 bits per heavy atom. The largest absolute Gasteiger partial charge is 0.361 e. The molecule has 0 radical (unpaired) electrons. The van der Waals surface area contributed by atoms with Crippen molar-refractivity contribution in [1.82, 2.24) is 20.1 Å². The highest BCUT2D eigenvalue weighted by molar-refractivity contribution is 5.83. The van der Waals surface area contributed by atoms with Crippen molar-refractivity contribution < 1.29 is 4.79 Å². The number of hydrogen-bond donors (Lipinski definition) is 2. The Hall–Kier alpha value is -2.56. The zero-order chi connectivity index (χ0) is 15.7. The quantitative estimate of drug-likeness (QED) is 0.776. The first-order valence-corrected chi connectivity index (χ1v) is 7.36. The molecule has 2 heterocycles. The molecule has 3 aromatic rings. The Balaban J connectivity index is 1.64. The average Bonchev–Trinajstić information content (AvgIpc) is 3.02. The van der Waals surface area contributed by atoms with Gasteiger partial charge in [-0.25, -0.2) is 0 Å². The van der Waals surface area contributed by atoms with Crippen LogP contribution in [0.2, 0.25) is 0 Å². The van der Waals surface area contributed by atoms with Crippen molar-refractivity contribution in [2.75, 3.05) is 0 Å². The monoisotopic (exact) mass is 296 g/mol. The van der Waals surface area contributed by atoms with Crippen molar-refractivity contribution >= 4 is 16.8 Å². The van der Waals surface area contributed by atoms with Gasteiger partial charge in [0.1, 0.15) is 0 Å². The van der Waals surface area contributed by atoms with E-state index in [0.29, 0.717) is 13.0 Å². The van der Waals surface area contributed by atoms with E-state index < -0.39 is 0 Å². The van der Waals surface area contributed by atoms with Gasteiger partial charge in [0.05, 0.1) is 12.1 Å². The zero-order valence-corrected chi connectivity index (χ0v) is 13.1. The number of fused-ring (bicyclic) bond motifs is 1. The standard InChI is InChI=1S/C17H20N4O/c1-11-15(12(2)21(3)20-11)10-19-17(22)9-13-4-5-16-14(8-13)6-7-18-16/h4-8,18H,9-10H2,1-3H3,(H,19,22). The first kappa shape index (κ1) is 14.4. The number of nitrogens with zero attached hydrogens (tertiary/aromatic N) is 2. The van der Waals surface area contributed by atoms with Gasteiger partial charge in [0.2, 0.25) is 5.91 Å². The van der Waals surface area contributed by atoms with Crippen LogP contribution in [0.1, 0.15) is 22.5 Å². The van der Waals surface area contributed by atoms with E-state index >= 15 is 0 Å². The molecule has 0 aliphatic carbocycles. The van der Waals surface area contributed by atoms with Crippen LogP contribution >= 0.6 is 0 Å². The van der Waals surface area contributed by atoms with E-state index in [-0.39, 0.29) is 5.91 Å². The molecule has 5 nitrogen and oxygen atoms in total. The molecule has 0 spiro atoms. The summed E-state index contributed by atoms with van der Waals surface area (Å²) in [6, 6.07) is 8.05. The molecule has 0 aliphatic rings. The summed E-state index contributed by atoms with van der Waals surface area (Å²) in [5.41, 5.74) is 5.26. The van der Waals surface area contributed by atoms with Crippen LogP contribution in [-0.4, -0.2) is 20.7 Å². The molecular formula is C17H20N4O. The summed E-state index contributed by atoms with van der Waals surface area (Å²) < 4.78 is 1.84. The van der Waals surface area contributed by atoms with Gasteiger partial charge in [-0.1, -0.05) is 6.07 Å². The van der Waals surface area contributed by atoms with Crippen molar-refractivity contribution in [3.05, 3.63) is 53.0 Å². The normalized spacial score (nSPS) is 11.0. The van der Waals surface area contributed by atoms with Gasteiger partial charge >= 0.3 is 0 Å². The van der Waals surface area contributed by atoms with Crippen LogP contribution in [0, 0.1) is 13.8 Å². The highest BCUT2D eigenvalue weighted by atomic mass is 16.1. The summed E-state index contributed by atoms with van der Waals surface area (Å²) in [6.45, 7) is 4.51. The van der Waals surface area contributed by atoms with E-state index in [1.165, 1.54) is 0 Å². The smallest absolute Gasteiger partial charge is 0.224 e. The minimum atomic E-state index is 0.0255. The van der Waals surface area contributed by atoms with Crippen LogP contribution in [0.5, 0.6) is 0 Å². The first-order chi connectivity index (χ1) is 10.5. The average molecular weight is 296 g/mol. The van der Waals surface area contributed by atoms with E-state index in [9.17, 15) is 4.79 Å². The van der Waals surface area contributed by atoms with Crippen LogP contribution in [0.15, 0.2) is 30.5 Å². The summed E-state index contributed by atoms with van der Waals surface area (Å²) >= 11 is 0. The van der Waals surface area contributed by atoms with E-state index in [4.69, 9.17) is 0 Å². The van der Waals surface area contributed by atoms with E-state index in [0.717, 1.165) is 33.4 Å². The van der Waals surface area contributed by atoms with Crippen LogP contribution in [0.4, 0.5) is 0 Å². The van der Waals surface area contributed by atoms with Gasteiger partial charge < -0.3 is 10.3 Å². The second kappa shape index (κ2) is 5.67. The number of carbonyl (C=O) groups is 1. The molecule has 0 bridgehead atoms. The molecular weight excluding hydrogens is 276 g/mol. The Kier molecular flexibility index (Phi) is 3.71. The third-order valence-electron chi connectivity index (χ3n) is 4.10. The van der Waals surface area contributed by atoms with Gasteiger partial charge in [0.25, 0.3) is 0 Å². The second-order valence-electron chi connectivity index (χ2n) is 5.63. The third-order valence-corrected chi connectivity index (χ3v) is 4.10. The molecule has 1 amide bonds. The lowest BCUT2D eigenvalue weighted by Gasteiger charge is -2.06. The van der Waals surface area contributed by atoms with Gasteiger partial charge in [-0.15, -0.1) is 0 Å². The molecule has 0 fully saturated rings. The fraction of sp³-hybridized carbons (Fsp3) is 0.294. The van der Waals surface area contributed by atoms with Gasteiger partial charge in [-0.3, -0.25) is 9.48 Å². The highest BCUT2D eigenvalue weighted by Gasteiger charge is 2.11. The number of aromatic amines is 1. The summed E-state index contributed by atoms with van der Waals surface area (Å²) in [5.74, 6) is 0.0255. The van der Waals surface area contributed by atoms with E-state index in [1.807, 2.05) is 56.0 Å². The number of aromatic nitrogens is 3. The molecule has 0 unspecified atom stereocenters. The Labute approximate surface area is 129 Å². The number of benzene rings is 1. The molecule has 2 N–H and O–H groups in total. The molecule has 0 saturated heterocycles. The number of carbonyl (C=O) groups excluding carboxylic acids is 1. The Morgan fingerprint density at radius 3 is 2.86 bits per heavy atom. The maximum Gasteiger partial charge on any atom is 0.224 e. The lowest BCUT2D eigenvalue weighted by atomic mass is 10.1.